The molecule has 0 unspecified atom stereocenters. The number of ether oxygens (including phenoxy) is 2. The van der Waals surface area contributed by atoms with Gasteiger partial charge in [-0.1, -0.05) is 18.2 Å². The Morgan fingerprint density at radius 1 is 0.943 bits per heavy atom. The van der Waals surface area contributed by atoms with Crippen LogP contribution in [0.3, 0.4) is 0 Å². The number of amides is 2. The van der Waals surface area contributed by atoms with Gasteiger partial charge in [0.2, 0.25) is 11.8 Å². The molecule has 1 saturated heterocycles. The van der Waals surface area contributed by atoms with Gasteiger partial charge >= 0.3 is 0 Å². The molecule has 4 atom stereocenters. The minimum absolute atomic E-state index is 0.0166. The highest BCUT2D eigenvalue weighted by Gasteiger charge is 2.69. The van der Waals surface area contributed by atoms with E-state index in [1.807, 2.05) is 18.2 Å². The van der Waals surface area contributed by atoms with Crippen molar-refractivity contribution < 1.29 is 19.1 Å². The Morgan fingerprint density at radius 2 is 1.60 bits per heavy atom. The Hall–Kier alpha value is -2.54. The van der Waals surface area contributed by atoms with Gasteiger partial charge in [0.25, 0.3) is 0 Å². The van der Waals surface area contributed by atoms with Crippen LogP contribution in [0, 0.1) is 29.1 Å². The molecule has 2 saturated carbocycles. The first-order chi connectivity index (χ1) is 17.1. The number of benzene rings is 1. The highest BCUT2D eigenvalue weighted by Crippen LogP contribution is 2.72. The fraction of sp³-hybridized carbons (Fsp3) is 0.643. The minimum Gasteiger partial charge on any atom is -0.493 e. The second kappa shape index (κ2) is 10.2. The van der Waals surface area contributed by atoms with Gasteiger partial charge in [0.1, 0.15) is 0 Å². The first kappa shape index (κ1) is 24.2. The van der Waals surface area contributed by atoms with Crippen LogP contribution in [0.1, 0.15) is 44.1 Å². The Morgan fingerprint density at radius 3 is 2.23 bits per heavy atom. The average molecular weight is 482 g/mol. The summed E-state index contributed by atoms with van der Waals surface area (Å²) < 4.78 is 10.7. The molecule has 1 spiro atoms. The zero-order valence-electron chi connectivity index (χ0n) is 21.1. The monoisotopic (exact) mass is 481 g/mol. The number of hydrogen-bond acceptors (Lipinski definition) is 5. The molecule has 190 valence electrons. The summed E-state index contributed by atoms with van der Waals surface area (Å²) >= 11 is 0. The van der Waals surface area contributed by atoms with Crippen molar-refractivity contribution in [3.8, 4) is 11.5 Å². The molecule has 7 nitrogen and oxygen atoms in total. The molecule has 4 aliphatic rings. The van der Waals surface area contributed by atoms with Crippen molar-refractivity contribution in [3.63, 3.8) is 0 Å². The number of nitrogens with zero attached hydrogens (tertiary/aromatic N) is 1. The van der Waals surface area contributed by atoms with Crippen molar-refractivity contribution in [1.29, 1.82) is 0 Å². The van der Waals surface area contributed by atoms with Crippen LogP contribution in [0.15, 0.2) is 30.4 Å². The van der Waals surface area contributed by atoms with E-state index in [1.54, 1.807) is 14.2 Å². The summed E-state index contributed by atoms with van der Waals surface area (Å²) in [6, 6.07) is 5.66. The van der Waals surface area contributed by atoms with Crippen LogP contribution in [-0.4, -0.2) is 57.1 Å². The van der Waals surface area contributed by atoms with Crippen LogP contribution in [-0.2, 0) is 16.1 Å². The van der Waals surface area contributed by atoms with Crippen LogP contribution in [0.25, 0.3) is 0 Å². The Balaban J connectivity index is 1.18. The first-order valence-corrected chi connectivity index (χ1v) is 13.2. The smallest absolute Gasteiger partial charge is 0.224 e. The fourth-order valence-electron chi connectivity index (χ4n) is 6.80. The van der Waals surface area contributed by atoms with Gasteiger partial charge in [-0.15, -0.1) is 0 Å². The highest BCUT2D eigenvalue weighted by atomic mass is 16.5. The van der Waals surface area contributed by atoms with Crippen molar-refractivity contribution in [2.75, 3.05) is 40.4 Å². The van der Waals surface area contributed by atoms with E-state index < -0.39 is 0 Å². The van der Waals surface area contributed by atoms with Crippen molar-refractivity contribution in [2.24, 2.45) is 29.1 Å². The zero-order chi connectivity index (χ0) is 24.4. The Labute approximate surface area is 208 Å². The third-order valence-electron chi connectivity index (χ3n) is 8.76. The maximum atomic E-state index is 13.5. The molecule has 1 aromatic carbocycles. The zero-order valence-corrected chi connectivity index (χ0v) is 21.1. The topological polar surface area (TPSA) is 79.9 Å². The lowest BCUT2D eigenvalue weighted by molar-refractivity contribution is -0.135. The largest absolute Gasteiger partial charge is 0.493 e. The molecule has 2 bridgehead atoms. The second-order valence-electron chi connectivity index (χ2n) is 10.7. The molecule has 2 N–H and O–H groups in total. The molecular formula is C28H39N3O4. The summed E-state index contributed by atoms with van der Waals surface area (Å²) in [6.07, 6.45) is 11.4. The second-order valence-corrected chi connectivity index (χ2v) is 10.7. The van der Waals surface area contributed by atoms with E-state index in [0.29, 0.717) is 24.6 Å². The number of likely N-dealkylation sites (tertiary alicyclic amines) is 1. The molecule has 3 aliphatic carbocycles. The van der Waals surface area contributed by atoms with E-state index >= 15 is 0 Å². The number of methoxy groups -OCH3 is 2. The lowest BCUT2D eigenvalue weighted by atomic mass is 9.81. The van der Waals surface area contributed by atoms with Crippen LogP contribution in [0.4, 0.5) is 0 Å². The van der Waals surface area contributed by atoms with Crippen LogP contribution < -0.4 is 20.1 Å². The Bertz CT molecular complexity index is 967. The van der Waals surface area contributed by atoms with Crippen LogP contribution >= 0.6 is 0 Å². The van der Waals surface area contributed by atoms with Gasteiger partial charge in [-0.2, -0.15) is 0 Å². The highest BCUT2D eigenvalue weighted by molar-refractivity contribution is 5.90. The quantitative estimate of drug-likeness (QED) is 0.375. The predicted octanol–water partition coefficient (Wildman–Crippen LogP) is 3.14. The molecule has 0 aromatic heterocycles. The molecule has 7 heteroatoms. The third kappa shape index (κ3) is 4.67. The van der Waals surface area contributed by atoms with Gasteiger partial charge in [0.05, 0.1) is 26.1 Å². The number of allylic oxidation sites excluding steroid dienone is 2. The molecule has 3 fully saturated rings. The predicted molar refractivity (Wildman–Crippen MR) is 134 cm³/mol. The van der Waals surface area contributed by atoms with Gasteiger partial charge in [-0.25, -0.2) is 0 Å². The lowest BCUT2D eigenvalue weighted by Gasteiger charge is -2.26. The van der Waals surface area contributed by atoms with E-state index in [1.165, 1.54) is 25.9 Å². The molecule has 0 radical (unpaired) electrons. The number of nitrogens with one attached hydrogen (secondary N) is 2. The van der Waals surface area contributed by atoms with Crippen molar-refractivity contribution in [2.45, 2.75) is 45.1 Å². The van der Waals surface area contributed by atoms with E-state index in [4.69, 9.17) is 9.47 Å². The van der Waals surface area contributed by atoms with Gasteiger partial charge in [0, 0.05) is 13.1 Å². The molecule has 1 heterocycles. The number of hydrogen-bond donors (Lipinski definition) is 2. The summed E-state index contributed by atoms with van der Waals surface area (Å²) in [5.41, 5.74) is 1.08. The third-order valence-corrected chi connectivity index (χ3v) is 8.76. The van der Waals surface area contributed by atoms with Crippen molar-refractivity contribution >= 4 is 11.8 Å². The Kier molecular flexibility index (Phi) is 7.05. The number of rotatable bonds is 11. The lowest BCUT2D eigenvalue weighted by Crippen LogP contribution is -2.44. The van der Waals surface area contributed by atoms with Crippen LogP contribution in [0.2, 0.25) is 0 Å². The van der Waals surface area contributed by atoms with Crippen molar-refractivity contribution in [1.82, 2.24) is 15.5 Å². The summed E-state index contributed by atoms with van der Waals surface area (Å²) in [5.74, 6) is 1.14. The first-order valence-electron chi connectivity index (χ1n) is 13.2. The average Bonchev–Trinajstić information content (AvgIpc) is 3.24. The summed E-state index contributed by atoms with van der Waals surface area (Å²) in [4.78, 5) is 29.3. The van der Waals surface area contributed by atoms with Gasteiger partial charge in [-0.3, -0.25) is 9.59 Å². The van der Waals surface area contributed by atoms with Gasteiger partial charge in [-0.05, 0) is 93.1 Å². The molecular weight excluding hydrogens is 442 g/mol. The number of carbonyl (C=O) groups is 2. The SMILES string of the molecule is COc1ccc(CNC(=O)[C@H]2[C@H](C(=O)NCCCCN3CCCC3)[C@H]3C=C[C@@H]2C32CC2)cc1OC. The number of unbranched alkanes of at least 4 members (excludes halogenated alkanes) is 1. The maximum Gasteiger partial charge on any atom is 0.224 e. The summed E-state index contributed by atoms with van der Waals surface area (Å²) in [6.45, 7) is 4.64. The van der Waals surface area contributed by atoms with Gasteiger partial charge in [0.15, 0.2) is 11.5 Å². The van der Waals surface area contributed by atoms with Gasteiger partial charge < -0.3 is 25.0 Å². The molecule has 35 heavy (non-hydrogen) atoms. The molecule has 1 aromatic rings. The number of carbonyl (C=O) groups excluding carboxylic acids is 2. The van der Waals surface area contributed by atoms with Crippen LogP contribution in [0.5, 0.6) is 11.5 Å². The van der Waals surface area contributed by atoms with Crippen molar-refractivity contribution in [3.05, 3.63) is 35.9 Å². The summed E-state index contributed by atoms with van der Waals surface area (Å²) in [7, 11) is 3.21. The molecule has 2 amide bonds. The minimum atomic E-state index is -0.294. The van der Waals surface area contributed by atoms with E-state index in [2.05, 4.69) is 27.7 Å². The normalized spacial score (nSPS) is 27.8. The maximum absolute atomic E-state index is 13.5. The van der Waals surface area contributed by atoms with E-state index in [9.17, 15) is 9.59 Å². The van der Waals surface area contributed by atoms with E-state index in [0.717, 1.165) is 37.8 Å². The molecule has 5 rings (SSSR count). The fourth-order valence-corrected chi connectivity index (χ4v) is 6.80. The standard InChI is InChI=1S/C28H39N3O4/c1-34-22-10-7-19(17-23(22)35-2)18-30-27(33)25-21-9-8-20(28(21)11-12-28)24(25)26(32)29-13-3-4-14-31-15-5-6-16-31/h7-10,17,20-21,24-25H,3-6,11-16,18H2,1-2H3,(H,29,32)(H,30,33)/t20-,21+,24-,25-/m1/s1. The summed E-state index contributed by atoms with van der Waals surface area (Å²) in [5, 5.41) is 6.30. The van der Waals surface area contributed by atoms with E-state index in [-0.39, 0.29) is 40.9 Å². The molecule has 1 aliphatic heterocycles.